The van der Waals surface area contributed by atoms with Gasteiger partial charge < -0.3 is 15.2 Å². The Balaban J connectivity index is 2.06. The van der Waals surface area contributed by atoms with Crippen molar-refractivity contribution in [3.63, 3.8) is 0 Å². The zero-order valence-electron chi connectivity index (χ0n) is 12.9. The van der Waals surface area contributed by atoms with Crippen molar-refractivity contribution >= 4 is 0 Å². The van der Waals surface area contributed by atoms with Crippen molar-refractivity contribution in [2.75, 3.05) is 6.61 Å². The van der Waals surface area contributed by atoms with Crippen LogP contribution in [0.25, 0.3) is 0 Å². The Morgan fingerprint density at radius 2 is 1.90 bits per heavy atom. The third-order valence-electron chi connectivity index (χ3n) is 3.64. The van der Waals surface area contributed by atoms with Gasteiger partial charge in [-0.2, -0.15) is 0 Å². The van der Waals surface area contributed by atoms with E-state index in [1.165, 1.54) is 11.1 Å². The summed E-state index contributed by atoms with van der Waals surface area (Å²) >= 11 is 0. The van der Waals surface area contributed by atoms with E-state index in [0.29, 0.717) is 18.9 Å². The van der Waals surface area contributed by atoms with Gasteiger partial charge in [-0.1, -0.05) is 36.4 Å². The van der Waals surface area contributed by atoms with Gasteiger partial charge in [0.25, 0.3) is 0 Å². The number of phenols is 1. The van der Waals surface area contributed by atoms with Crippen LogP contribution in [0, 0.1) is 6.92 Å². The predicted molar refractivity (Wildman–Crippen MR) is 85.7 cm³/mol. The molecule has 0 saturated heterocycles. The van der Waals surface area contributed by atoms with Gasteiger partial charge in [-0.05, 0) is 38.0 Å². The minimum atomic E-state index is 0.223. The van der Waals surface area contributed by atoms with Gasteiger partial charge in [0.05, 0.1) is 6.61 Å². The fraction of sp³-hybridized carbons (Fsp3) is 0.333. The van der Waals surface area contributed by atoms with Crippen molar-refractivity contribution in [2.45, 2.75) is 33.4 Å². The summed E-state index contributed by atoms with van der Waals surface area (Å²) in [6.45, 7) is 7.30. The van der Waals surface area contributed by atoms with Crippen LogP contribution in [0.3, 0.4) is 0 Å². The van der Waals surface area contributed by atoms with Crippen LogP contribution in [0.15, 0.2) is 42.5 Å². The summed E-state index contributed by atoms with van der Waals surface area (Å²) in [4.78, 5) is 0. The van der Waals surface area contributed by atoms with E-state index in [4.69, 9.17) is 4.74 Å². The number of aryl methyl sites for hydroxylation is 1. The quantitative estimate of drug-likeness (QED) is 0.844. The molecule has 0 spiro atoms. The largest absolute Gasteiger partial charge is 0.504 e. The van der Waals surface area contributed by atoms with Crippen LogP contribution in [0.5, 0.6) is 11.5 Å². The molecule has 0 aliphatic rings. The van der Waals surface area contributed by atoms with E-state index in [0.717, 1.165) is 5.56 Å². The molecule has 0 aliphatic heterocycles. The molecule has 2 rings (SSSR count). The molecule has 0 saturated carbocycles. The van der Waals surface area contributed by atoms with Crippen LogP contribution in [0.2, 0.25) is 0 Å². The number of rotatable bonds is 6. The number of aromatic hydroxyl groups is 1. The summed E-state index contributed by atoms with van der Waals surface area (Å²) < 4.78 is 5.41. The average Bonchev–Trinajstić information content (AvgIpc) is 2.48. The maximum atomic E-state index is 10.2. The van der Waals surface area contributed by atoms with E-state index < -0.39 is 0 Å². The molecule has 2 aromatic carbocycles. The highest BCUT2D eigenvalue weighted by Gasteiger charge is 2.11. The van der Waals surface area contributed by atoms with Gasteiger partial charge in [-0.15, -0.1) is 0 Å². The van der Waals surface area contributed by atoms with E-state index in [9.17, 15) is 5.11 Å². The van der Waals surface area contributed by atoms with Gasteiger partial charge in [-0.25, -0.2) is 0 Å². The molecule has 0 amide bonds. The lowest BCUT2D eigenvalue weighted by Gasteiger charge is -2.17. The first-order valence-electron chi connectivity index (χ1n) is 7.36. The van der Waals surface area contributed by atoms with Gasteiger partial charge in [0.1, 0.15) is 0 Å². The van der Waals surface area contributed by atoms with Gasteiger partial charge in [0, 0.05) is 18.2 Å². The average molecular weight is 285 g/mol. The first kappa shape index (κ1) is 15.4. The van der Waals surface area contributed by atoms with Gasteiger partial charge in [0.15, 0.2) is 11.5 Å². The molecule has 0 bridgehead atoms. The zero-order chi connectivity index (χ0) is 15.2. The second-order valence-corrected chi connectivity index (χ2v) is 5.16. The maximum Gasteiger partial charge on any atom is 0.162 e. The number of hydrogen-bond acceptors (Lipinski definition) is 3. The molecule has 0 heterocycles. The molecule has 0 aliphatic carbocycles. The van der Waals surface area contributed by atoms with Crippen molar-refractivity contribution in [3.8, 4) is 11.5 Å². The van der Waals surface area contributed by atoms with E-state index in [-0.39, 0.29) is 11.8 Å². The van der Waals surface area contributed by atoms with Crippen LogP contribution >= 0.6 is 0 Å². The number of nitrogens with one attached hydrogen (secondary N) is 1. The molecule has 0 fully saturated rings. The lowest BCUT2D eigenvalue weighted by molar-refractivity contribution is 0.316. The fourth-order valence-electron chi connectivity index (χ4n) is 2.43. The van der Waals surface area contributed by atoms with Crippen molar-refractivity contribution < 1.29 is 9.84 Å². The van der Waals surface area contributed by atoms with Crippen molar-refractivity contribution in [2.24, 2.45) is 0 Å². The first-order chi connectivity index (χ1) is 10.1. The van der Waals surface area contributed by atoms with Crippen LogP contribution in [-0.2, 0) is 6.54 Å². The molecular formula is C18H23NO2. The number of ether oxygens (including phenoxy) is 1. The fourth-order valence-corrected chi connectivity index (χ4v) is 2.43. The summed E-state index contributed by atoms with van der Waals surface area (Å²) in [5.41, 5.74) is 3.39. The molecule has 1 atom stereocenters. The molecule has 0 aromatic heterocycles. The van der Waals surface area contributed by atoms with Crippen molar-refractivity contribution in [3.05, 3.63) is 59.2 Å². The molecule has 2 aromatic rings. The van der Waals surface area contributed by atoms with Gasteiger partial charge in [-0.3, -0.25) is 0 Å². The molecule has 3 nitrogen and oxygen atoms in total. The predicted octanol–water partition coefficient (Wildman–Crippen LogP) is 3.95. The summed E-state index contributed by atoms with van der Waals surface area (Å²) in [5, 5.41) is 13.6. The molecule has 112 valence electrons. The lowest BCUT2D eigenvalue weighted by atomic mass is 10.0. The molecular weight excluding hydrogens is 262 g/mol. The van der Waals surface area contributed by atoms with Crippen LogP contribution < -0.4 is 10.1 Å². The molecule has 1 unspecified atom stereocenters. The third-order valence-corrected chi connectivity index (χ3v) is 3.64. The highest BCUT2D eigenvalue weighted by atomic mass is 16.5. The van der Waals surface area contributed by atoms with E-state index in [1.54, 1.807) is 6.07 Å². The monoisotopic (exact) mass is 285 g/mol. The SMILES string of the molecule is CCOc1cccc(CNC(C)c2ccccc2C)c1O. The number of phenolic OH excluding ortho intramolecular Hbond substituents is 1. The highest BCUT2D eigenvalue weighted by molar-refractivity contribution is 5.45. The molecule has 3 heteroatoms. The van der Waals surface area contributed by atoms with E-state index in [2.05, 4.69) is 31.3 Å². The lowest BCUT2D eigenvalue weighted by Crippen LogP contribution is -2.19. The summed E-state index contributed by atoms with van der Waals surface area (Å²) in [5.74, 6) is 0.768. The van der Waals surface area contributed by atoms with Crippen LogP contribution in [0.1, 0.15) is 36.6 Å². The number of benzene rings is 2. The minimum Gasteiger partial charge on any atom is -0.504 e. The Labute approximate surface area is 126 Å². The van der Waals surface area contributed by atoms with Gasteiger partial charge >= 0.3 is 0 Å². The number of para-hydroxylation sites is 1. The Morgan fingerprint density at radius 1 is 1.14 bits per heavy atom. The Morgan fingerprint density at radius 3 is 2.62 bits per heavy atom. The smallest absolute Gasteiger partial charge is 0.162 e. The van der Waals surface area contributed by atoms with Crippen molar-refractivity contribution in [1.29, 1.82) is 0 Å². The Hall–Kier alpha value is -2.00. The third kappa shape index (κ3) is 3.76. The second-order valence-electron chi connectivity index (χ2n) is 5.16. The zero-order valence-corrected chi connectivity index (χ0v) is 12.9. The number of hydrogen-bond donors (Lipinski definition) is 2. The summed E-state index contributed by atoms with van der Waals surface area (Å²) in [6, 6.07) is 14.2. The Bertz CT molecular complexity index is 596. The van der Waals surface area contributed by atoms with Gasteiger partial charge in [0.2, 0.25) is 0 Å². The van der Waals surface area contributed by atoms with E-state index in [1.807, 2.05) is 31.2 Å². The van der Waals surface area contributed by atoms with Crippen molar-refractivity contribution in [1.82, 2.24) is 5.32 Å². The minimum absolute atomic E-state index is 0.223. The van der Waals surface area contributed by atoms with E-state index >= 15 is 0 Å². The standard InChI is InChI=1S/C18H23NO2/c1-4-21-17-11-7-9-15(18(17)20)12-19-14(3)16-10-6-5-8-13(16)2/h5-11,14,19-20H,4,12H2,1-3H3. The Kier molecular flexibility index (Phi) is 5.23. The maximum absolute atomic E-state index is 10.2. The second kappa shape index (κ2) is 7.14. The van der Waals surface area contributed by atoms with Crippen LogP contribution in [0.4, 0.5) is 0 Å². The molecule has 2 N–H and O–H groups in total. The first-order valence-corrected chi connectivity index (χ1v) is 7.36. The molecule has 0 radical (unpaired) electrons. The summed E-state index contributed by atoms with van der Waals surface area (Å²) in [6.07, 6.45) is 0. The highest BCUT2D eigenvalue weighted by Crippen LogP contribution is 2.30. The van der Waals surface area contributed by atoms with Crippen LogP contribution in [-0.4, -0.2) is 11.7 Å². The normalized spacial score (nSPS) is 12.1. The summed E-state index contributed by atoms with van der Waals surface area (Å²) in [7, 11) is 0. The molecule has 21 heavy (non-hydrogen) atoms. The topological polar surface area (TPSA) is 41.5 Å².